The minimum atomic E-state index is -0.512. The van der Waals surface area contributed by atoms with Crippen LogP contribution < -0.4 is 5.32 Å². The number of hydrogen-bond donors (Lipinski definition) is 1. The highest BCUT2D eigenvalue weighted by molar-refractivity contribution is 7.15. The minimum absolute atomic E-state index is 0.327. The number of para-hydroxylation sites is 1. The molecule has 0 radical (unpaired) electrons. The molecule has 0 spiro atoms. The highest BCUT2D eigenvalue weighted by atomic mass is 35.5. The number of halogens is 1. The Morgan fingerprint density at radius 2 is 1.63 bits per heavy atom. The summed E-state index contributed by atoms with van der Waals surface area (Å²) >= 11 is 7.33. The number of ether oxygens (including phenoxy) is 1. The number of methoxy groups -OCH3 is 1. The first-order valence-electron chi connectivity index (χ1n) is 10.8. The number of nitrogens with one attached hydrogen (secondary N) is 1. The van der Waals surface area contributed by atoms with Crippen LogP contribution in [0.1, 0.15) is 20.7 Å². The first-order chi connectivity index (χ1) is 17.0. The molecular weight excluding hydrogens is 480 g/mol. The average Bonchev–Trinajstić information content (AvgIpc) is 3.32. The number of pyridine rings is 1. The van der Waals surface area contributed by atoms with E-state index in [0.29, 0.717) is 43.3 Å². The summed E-state index contributed by atoms with van der Waals surface area (Å²) in [6, 6.07) is 26.0. The second kappa shape index (κ2) is 9.70. The fourth-order valence-corrected chi connectivity index (χ4v) is 4.97. The number of esters is 1. The molecule has 0 aliphatic carbocycles. The van der Waals surface area contributed by atoms with E-state index in [0.717, 1.165) is 11.1 Å². The number of carbonyl (C=O) groups excluding carboxylic acids is 2. The summed E-state index contributed by atoms with van der Waals surface area (Å²) in [5.41, 5.74) is 4.53. The van der Waals surface area contributed by atoms with E-state index in [4.69, 9.17) is 21.3 Å². The van der Waals surface area contributed by atoms with Crippen LogP contribution in [-0.2, 0) is 4.74 Å². The Hall–Kier alpha value is -4.00. The number of nitrogens with zero attached hydrogens (tertiary/aromatic N) is 1. The molecule has 0 saturated carbocycles. The van der Waals surface area contributed by atoms with Crippen molar-refractivity contribution in [2.75, 3.05) is 12.4 Å². The third-order valence-corrected chi connectivity index (χ3v) is 6.74. The molecular formula is C28H19ClN2O3S. The molecule has 7 heteroatoms. The van der Waals surface area contributed by atoms with Crippen LogP contribution >= 0.6 is 22.9 Å². The number of hydrogen-bond acceptors (Lipinski definition) is 5. The highest BCUT2D eigenvalue weighted by Gasteiger charge is 2.23. The van der Waals surface area contributed by atoms with E-state index >= 15 is 0 Å². The van der Waals surface area contributed by atoms with Gasteiger partial charge in [-0.15, -0.1) is 11.3 Å². The quantitative estimate of drug-likeness (QED) is 0.258. The first kappa shape index (κ1) is 22.8. The van der Waals surface area contributed by atoms with Gasteiger partial charge in [0, 0.05) is 26.9 Å². The predicted molar refractivity (Wildman–Crippen MR) is 141 cm³/mol. The monoisotopic (exact) mass is 498 g/mol. The van der Waals surface area contributed by atoms with Gasteiger partial charge in [0.2, 0.25) is 0 Å². The third-order valence-electron chi connectivity index (χ3n) is 5.59. The van der Waals surface area contributed by atoms with Crippen molar-refractivity contribution in [3.05, 3.63) is 106 Å². The van der Waals surface area contributed by atoms with E-state index < -0.39 is 5.97 Å². The Kier molecular flexibility index (Phi) is 6.31. The van der Waals surface area contributed by atoms with E-state index in [1.807, 2.05) is 72.1 Å². The van der Waals surface area contributed by atoms with Crippen LogP contribution in [0.3, 0.4) is 0 Å². The van der Waals surface area contributed by atoms with Gasteiger partial charge in [-0.25, -0.2) is 9.78 Å². The molecule has 0 unspecified atom stereocenters. The number of anilines is 1. The van der Waals surface area contributed by atoms with E-state index in [-0.39, 0.29) is 5.91 Å². The van der Waals surface area contributed by atoms with Crippen LogP contribution in [0.25, 0.3) is 33.3 Å². The summed E-state index contributed by atoms with van der Waals surface area (Å²) in [6.45, 7) is 0. The second-order valence-electron chi connectivity index (χ2n) is 7.74. The average molecular weight is 499 g/mol. The smallest absolute Gasteiger partial charge is 0.341 e. The standard InChI is InChI=1S/C28H19ClN2O3S/c1-34-28(33)25-22(17-7-3-2-4-8-17)16-35-27(25)31-26(32)21-15-24(18-11-13-19(29)14-12-18)30-23-10-6-5-9-20(21)23/h2-16H,1H3,(H,31,32). The molecule has 0 saturated heterocycles. The summed E-state index contributed by atoms with van der Waals surface area (Å²) in [6.07, 6.45) is 0. The SMILES string of the molecule is COC(=O)c1c(-c2ccccc2)csc1NC(=O)c1cc(-c2ccc(Cl)cc2)nc2ccccc12. The van der Waals surface area contributed by atoms with Crippen LogP contribution in [0.5, 0.6) is 0 Å². The van der Waals surface area contributed by atoms with Gasteiger partial charge >= 0.3 is 5.97 Å². The van der Waals surface area contributed by atoms with Crippen LogP contribution in [-0.4, -0.2) is 24.0 Å². The first-order valence-corrected chi connectivity index (χ1v) is 12.0. The normalized spacial score (nSPS) is 10.8. The molecule has 5 nitrogen and oxygen atoms in total. The molecule has 5 rings (SSSR count). The lowest BCUT2D eigenvalue weighted by molar-refractivity contribution is 0.0603. The number of aromatic nitrogens is 1. The molecule has 0 aliphatic heterocycles. The van der Waals surface area contributed by atoms with Crippen molar-refractivity contribution in [2.45, 2.75) is 0 Å². The maximum Gasteiger partial charge on any atom is 0.341 e. The van der Waals surface area contributed by atoms with Gasteiger partial charge in [0.25, 0.3) is 5.91 Å². The Bertz CT molecular complexity index is 1550. The Labute approximate surface area is 211 Å². The molecule has 0 bridgehead atoms. The lowest BCUT2D eigenvalue weighted by atomic mass is 10.0. The predicted octanol–water partition coefficient (Wildman–Crippen LogP) is 7.32. The van der Waals surface area contributed by atoms with Gasteiger partial charge < -0.3 is 10.1 Å². The number of benzene rings is 3. The summed E-state index contributed by atoms with van der Waals surface area (Å²) in [5, 5.41) is 6.55. The Balaban J connectivity index is 1.58. The van der Waals surface area contributed by atoms with Crippen molar-refractivity contribution in [3.63, 3.8) is 0 Å². The summed E-state index contributed by atoms with van der Waals surface area (Å²) < 4.78 is 5.04. The van der Waals surface area contributed by atoms with Crippen LogP contribution in [0, 0.1) is 0 Å². The number of rotatable bonds is 5. The maximum atomic E-state index is 13.6. The van der Waals surface area contributed by atoms with E-state index in [9.17, 15) is 9.59 Å². The highest BCUT2D eigenvalue weighted by Crippen LogP contribution is 2.37. The summed E-state index contributed by atoms with van der Waals surface area (Å²) in [7, 11) is 1.33. The van der Waals surface area contributed by atoms with E-state index in [1.165, 1.54) is 18.4 Å². The molecule has 35 heavy (non-hydrogen) atoms. The zero-order valence-electron chi connectivity index (χ0n) is 18.6. The molecule has 5 aromatic rings. The number of amides is 1. The third kappa shape index (κ3) is 4.54. The lowest BCUT2D eigenvalue weighted by Crippen LogP contribution is -2.15. The van der Waals surface area contributed by atoms with E-state index in [2.05, 4.69) is 5.32 Å². The van der Waals surface area contributed by atoms with Gasteiger partial charge in [-0.2, -0.15) is 0 Å². The lowest BCUT2D eigenvalue weighted by Gasteiger charge is -2.11. The molecule has 3 aromatic carbocycles. The van der Waals surface area contributed by atoms with Gasteiger partial charge in [0.05, 0.1) is 23.9 Å². The maximum absolute atomic E-state index is 13.6. The van der Waals surface area contributed by atoms with Gasteiger partial charge in [-0.3, -0.25) is 4.79 Å². The number of fused-ring (bicyclic) bond motifs is 1. The Morgan fingerprint density at radius 3 is 2.37 bits per heavy atom. The summed E-state index contributed by atoms with van der Waals surface area (Å²) in [4.78, 5) is 31.0. The van der Waals surface area contributed by atoms with Gasteiger partial charge in [-0.05, 0) is 29.8 Å². The van der Waals surface area contributed by atoms with Crippen LogP contribution in [0.2, 0.25) is 5.02 Å². The zero-order valence-corrected chi connectivity index (χ0v) is 20.2. The molecule has 0 fully saturated rings. The molecule has 0 atom stereocenters. The second-order valence-corrected chi connectivity index (χ2v) is 9.06. The Morgan fingerprint density at radius 1 is 0.914 bits per heavy atom. The van der Waals surface area contributed by atoms with Crippen molar-refractivity contribution in [1.29, 1.82) is 0 Å². The van der Waals surface area contributed by atoms with E-state index in [1.54, 1.807) is 18.2 Å². The number of thiophene rings is 1. The molecule has 1 amide bonds. The van der Waals surface area contributed by atoms with Gasteiger partial charge in [0.15, 0.2) is 0 Å². The molecule has 2 aromatic heterocycles. The molecule has 172 valence electrons. The summed E-state index contributed by atoms with van der Waals surface area (Å²) in [5.74, 6) is -0.854. The molecule has 2 heterocycles. The van der Waals surface area contributed by atoms with Gasteiger partial charge in [-0.1, -0.05) is 72.3 Å². The van der Waals surface area contributed by atoms with Crippen molar-refractivity contribution in [1.82, 2.24) is 4.98 Å². The van der Waals surface area contributed by atoms with Gasteiger partial charge in [0.1, 0.15) is 10.6 Å². The van der Waals surface area contributed by atoms with Crippen molar-refractivity contribution in [2.24, 2.45) is 0 Å². The largest absolute Gasteiger partial charge is 0.465 e. The van der Waals surface area contributed by atoms with Crippen LogP contribution in [0.4, 0.5) is 5.00 Å². The minimum Gasteiger partial charge on any atom is -0.465 e. The molecule has 1 N–H and O–H groups in total. The topological polar surface area (TPSA) is 68.3 Å². The number of carbonyl (C=O) groups is 2. The van der Waals surface area contributed by atoms with Crippen molar-refractivity contribution in [3.8, 4) is 22.4 Å². The zero-order chi connectivity index (χ0) is 24.4. The molecule has 0 aliphatic rings. The van der Waals surface area contributed by atoms with Crippen LogP contribution in [0.15, 0.2) is 90.3 Å². The van der Waals surface area contributed by atoms with Crippen molar-refractivity contribution < 1.29 is 14.3 Å². The fraction of sp³-hybridized carbons (Fsp3) is 0.0357. The van der Waals surface area contributed by atoms with Crippen molar-refractivity contribution >= 4 is 50.7 Å². The fourth-order valence-electron chi connectivity index (χ4n) is 3.89.